The molecule has 2 fully saturated rings. The summed E-state index contributed by atoms with van der Waals surface area (Å²) in [4.78, 5) is 47.3. The molecule has 2 aromatic carbocycles. The number of rotatable bonds is 8. The summed E-state index contributed by atoms with van der Waals surface area (Å²) in [5.74, 6) is -0.997. The molecule has 11 heteroatoms. The summed E-state index contributed by atoms with van der Waals surface area (Å²) in [6.45, 7) is 3.71. The van der Waals surface area contributed by atoms with Crippen LogP contribution in [0.4, 0.5) is 0 Å². The Morgan fingerprint density at radius 3 is 2.52 bits per heavy atom. The number of likely N-dealkylation sites (N-methyl/N-ethyl adjacent to an activating group) is 1. The summed E-state index contributed by atoms with van der Waals surface area (Å²) >= 11 is 0. The molecule has 0 spiro atoms. The van der Waals surface area contributed by atoms with Gasteiger partial charge in [0.05, 0.1) is 25.8 Å². The summed E-state index contributed by atoms with van der Waals surface area (Å²) in [5.41, 5.74) is 8.43. The standard InChI is InChI=1S/C33H39N5O6/c1-20(25-16-35-26-9-5-4-8-24(25)26)30(33(41)37(2)17-29-42-18-23(34)19-43-29)36-31(39)21-11-13-38(14-12-21)32(40)28-15-22-7-3-6-10-27(22)44-28/h3-10,15-16,20-21,23,29-30,35H,11-14,17-19,34H2,1-2H3,(H,36,39)/t20-,23?,29?,30-/m1/s1. The van der Waals surface area contributed by atoms with Crippen molar-refractivity contribution in [3.63, 3.8) is 0 Å². The maximum absolute atomic E-state index is 13.9. The Morgan fingerprint density at radius 2 is 1.77 bits per heavy atom. The van der Waals surface area contributed by atoms with E-state index in [1.165, 1.54) is 0 Å². The number of fused-ring (bicyclic) bond motifs is 2. The highest BCUT2D eigenvalue weighted by Crippen LogP contribution is 2.30. The van der Waals surface area contributed by atoms with E-state index in [1.54, 1.807) is 22.9 Å². The predicted molar refractivity (Wildman–Crippen MR) is 165 cm³/mol. The number of carbonyl (C=O) groups excluding carboxylic acids is 3. The van der Waals surface area contributed by atoms with Crippen LogP contribution in [0.3, 0.4) is 0 Å². The van der Waals surface area contributed by atoms with Gasteiger partial charge in [0.25, 0.3) is 5.91 Å². The smallest absolute Gasteiger partial charge is 0.289 e. The largest absolute Gasteiger partial charge is 0.451 e. The van der Waals surface area contributed by atoms with E-state index in [1.807, 2.05) is 61.7 Å². The fourth-order valence-electron chi connectivity index (χ4n) is 6.12. The van der Waals surface area contributed by atoms with Crippen molar-refractivity contribution in [1.82, 2.24) is 20.1 Å². The molecule has 4 N–H and O–H groups in total. The van der Waals surface area contributed by atoms with Gasteiger partial charge in [0, 0.05) is 54.5 Å². The van der Waals surface area contributed by atoms with Gasteiger partial charge >= 0.3 is 0 Å². The first kappa shape index (κ1) is 29.9. The minimum absolute atomic E-state index is 0.184. The van der Waals surface area contributed by atoms with Crippen LogP contribution in [0, 0.1) is 5.92 Å². The maximum Gasteiger partial charge on any atom is 0.289 e. The zero-order valence-electron chi connectivity index (χ0n) is 25.0. The van der Waals surface area contributed by atoms with E-state index in [0.717, 1.165) is 21.9 Å². The highest BCUT2D eigenvalue weighted by Gasteiger charge is 2.36. The lowest BCUT2D eigenvalue weighted by molar-refractivity contribution is -0.193. The minimum atomic E-state index is -0.826. The number of hydrogen-bond acceptors (Lipinski definition) is 7. The third kappa shape index (κ3) is 6.21. The Morgan fingerprint density at radius 1 is 1.07 bits per heavy atom. The van der Waals surface area contributed by atoms with Gasteiger partial charge in [-0.3, -0.25) is 14.4 Å². The Labute approximate surface area is 255 Å². The number of nitrogens with one attached hydrogen (secondary N) is 2. The van der Waals surface area contributed by atoms with Crippen LogP contribution in [0.15, 0.2) is 65.2 Å². The Balaban J connectivity index is 1.14. The number of para-hydroxylation sites is 2. The number of carbonyl (C=O) groups is 3. The average molecular weight is 602 g/mol. The van der Waals surface area contributed by atoms with E-state index in [-0.39, 0.29) is 42.1 Å². The molecule has 2 aromatic heterocycles. The first-order chi connectivity index (χ1) is 21.3. The number of amides is 3. The average Bonchev–Trinajstić information content (AvgIpc) is 3.68. The van der Waals surface area contributed by atoms with Crippen LogP contribution in [0.2, 0.25) is 0 Å². The number of likely N-dealkylation sites (tertiary alicyclic amines) is 1. The fraction of sp³-hybridized carbons (Fsp3) is 0.424. The molecule has 232 valence electrons. The molecule has 0 bridgehead atoms. The third-order valence-electron chi connectivity index (χ3n) is 8.76. The molecule has 2 aliphatic heterocycles. The Hall–Kier alpha value is -4.19. The van der Waals surface area contributed by atoms with Gasteiger partial charge in [0.1, 0.15) is 11.6 Å². The summed E-state index contributed by atoms with van der Waals surface area (Å²) < 4.78 is 17.1. The van der Waals surface area contributed by atoms with Gasteiger partial charge in [-0.2, -0.15) is 0 Å². The molecule has 6 rings (SSSR count). The lowest BCUT2D eigenvalue weighted by Gasteiger charge is -2.35. The number of H-pyrrole nitrogens is 1. The second kappa shape index (κ2) is 12.8. The monoisotopic (exact) mass is 601 g/mol. The maximum atomic E-state index is 13.9. The van der Waals surface area contributed by atoms with E-state index in [9.17, 15) is 14.4 Å². The fourth-order valence-corrected chi connectivity index (χ4v) is 6.12. The van der Waals surface area contributed by atoms with Crippen LogP contribution < -0.4 is 11.1 Å². The summed E-state index contributed by atoms with van der Waals surface area (Å²) in [5, 5.41) is 4.97. The van der Waals surface area contributed by atoms with E-state index < -0.39 is 12.3 Å². The van der Waals surface area contributed by atoms with Crippen LogP contribution in [0.5, 0.6) is 0 Å². The molecule has 3 amide bonds. The molecule has 2 saturated heterocycles. The number of furan rings is 1. The number of aromatic nitrogens is 1. The number of aromatic amines is 1. The van der Waals surface area contributed by atoms with E-state index in [0.29, 0.717) is 50.5 Å². The predicted octanol–water partition coefficient (Wildman–Crippen LogP) is 3.21. The first-order valence-electron chi connectivity index (χ1n) is 15.2. The van der Waals surface area contributed by atoms with Crippen molar-refractivity contribution >= 4 is 39.6 Å². The van der Waals surface area contributed by atoms with Gasteiger partial charge in [0.2, 0.25) is 11.8 Å². The number of nitrogens with zero attached hydrogens (tertiary/aromatic N) is 2. The highest BCUT2D eigenvalue weighted by molar-refractivity contribution is 5.96. The number of nitrogens with two attached hydrogens (primary N) is 1. The molecule has 0 radical (unpaired) electrons. The van der Waals surface area contributed by atoms with Crippen molar-refractivity contribution in [3.05, 3.63) is 72.1 Å². The molecular formula is C33H39N5O6. The van der Waals surface area contributed by atoms with Crippen molar-refractivity contribution in [2.24, 2.45) is 11.7 Å². The quantitative estimate of drug-likeness (QED) is 0.281. The van der Waals surface area contributed by atoms with Crippen molar-refractivity contribution < 1.29 is 28.3 Å². The highest BCUT2D eigenvalue weighted by atomic mass is 16.7. The van der Waals surface area contributed by atoms with E-state index in [2.05, 4.69) is 10.3 Å². The molecule has 2 aliphatic rings. The minimum Gasteiger partial charge on any atom is -0.451 e. The topological polar surface area (TPSA) is 143 Å². The van der Waals surface area contributed by atoms with Gasteiger partial charge in [-0.25, -0.2) is 0 Å². The zero-order chi connectivity index (χ0) is 30.8. The molecule has 4 aromatic rings. The van der Waals surface area contributed by atoms with Crippen molar-refractivity contribution in [1.29, 1.82) is 0 Å². The molecule has 11 nitrogen and oxygen atoms in total. The van der Waals surface area contributed by atoms with Crippen LogP contribution in [-0.2, 0) is 19.1 Å². The Kier molecular flexibility index (Phi) is 8.69. The van der Waals surface area contributed by atoms with Gasteiger partial charge in [-0.05, 0) is 36.6 Å². The molecule has 44 heavy (non-hydrogen) atoms. The lowest BCUT2D eigenvalue weighted by atomic mass is 9.90. The van der Waals surface area contributed by atoms with Crippen molar-refractivity contribution in [2.45, 2.75) is 44.1 Å². The Bertz CT molecular complexity index is 1600. The lowest BCUT2D eigenvalue weighted by Crippen LogP contribution is -2.54. The second-order valence-corrected chi connectivity index (χ2v) is 11.9. The molecule has 0 unspecified atom stereocenters. The molecule has 0 saturated carbocycles. The number of piperidine rings is 1. The SMILES string of the molecule is C[C@H](c1c[nH]c2ccccc12)[C@@H](NC(=O)C1CCN(C(=O)c2cc3ccccc3o2)CC1)C(=O)N(C)CC1OCC(N)CO1. The molecule has 4 heterocycles. The van der Waals surface area contributed by atoms with Gasteiger partial charge in [-0.15, -0.1) is 0 Å². The molecule has 2 atom stereocenters. The van der Waals surface area contributed by atoms with Gasteiger partial charge < -0.3 is 39.7 Å². The second-order valence-electron chi connectivity index (χ2n) is 11.9. The zero-order valence-corrected chi connectivity index (χ0v) is 25.0. The molecule has 0 aliphatic carbocycles. The van der Waals surface area contributed by atoms with Crippen LogP contribution >= 0.6 is 0 Å². The molecular weight excluding hydrogens is 562 g/mol. The van der Waals surface area contributed by atoms with Crippen LogP contribution in [0.1, 0.15) is 41.8 Å². The summed E-state index contributed by atoms with van der Waals surface area (Å²) in [6.07, 6.45) is 2.29. The summed E-state index contributed by atoms with van der Waals surface area (Å²) in [7, 11) is 1.69. The van der Waals surface area contributed by atoms with E-state index >= 15 is 0 Å². The van der Waals surface area contributed by atoms with Gasteiger partial charge in [-0.1, -0.05) is 43.3 Å². The van der Waals surface area contributed by atoms with Crippen LogP contribution in [-0.4, -0.2) is 90.8 Å². The number of benzene rings is 2. The third-order valence-corrected chi connectivity index (χ3v) is 8.76. The number of ether oxygens (including phenoxy) is 2. The van der Waals surface area contributed by atoms with Gasteiger partial charge in [0.15, 0.2) is 12.1 Å². The normalized spacial score (nSPS) is 20.8. The van der Waals surface area contributed by atoms with Crippen molar-refractivity contribution in [2.75, 3.05) is 39.9 Å². The summed E-state index contributed by atoms with van der Waals surface area (Å²) in [6, 6.07) is 16.1. The van der Waals surface area contributed by atoms with Crippen LogP contribution in [0.25, 0.3) is 21.9 Å². The van der Waals surface area contributed by atoms with Crippen molar-refractivity contribution in [3.8, 4) is 0 Å². The van der Waals surface area contributed by atoms with E-state index in [4.69, 9.17) is 19.6 Å². The number of hydrogen-bond donors (Lipinski definition) is 3. The first-order valence-corrected chi connectivity index (χ1v) is 15.2.